The molecule has 0 amide bonds. The molecule has 0 aromatic rings. The first-order valence-corrected chi connectivity index (χ1v) is 6.53. The van der Waals surface area contributed by atoms with Gasteiger partial charge in [-0.25, -0.2) is 0 Å². The molecule has 2 fully saturated rings. The average molecular weight is 228 g/mol. The number of ether oxygens (including phenoxy) is 2. The summed E-state index contributed by atoms with van der Waals surface area (Å²) in [6.07, 6.45) is 5.43. The van der Waals surface area contributed by atoms with Gasteiger partial charge in [0.1, 0.15) is 0 Å². The van der Waals surface area contributed by atoms with Crippen molar-refractivity contribution in [1.29, 1.82) is 0 Å². The Morgan fingerprint density at radius 2 is 2.06 bits per heavy atom. The molecule has 2 aliphatic rings. The summed E-state index contributed by atoms with van der Waals surface area (Å²) in [7, 11) is 0. The SMILES string of the molecule is NCC1CCCCC1NCC1COCCO1. The molecule has 1 aliphatic carbocycles. The van der Waals surface area contributed by atoms with E-state index in [0.29, 0.717) is 12.0 Å². The van der Waals surface area contributed by atoms with Crippen molar-refractivity contribution in [3.8, 4) is 0 Å². The highest BCUT2D eigenvalue weighted by atomic mass is 16.6. The summed E-state index contributed by atoms with van der Waals surface area (Å²) < 4.78 is 11.0. The molecule has 1 saturated heterocycles. The maximum absolute atomic E-state index is 5.81. The second-order valence-corrected chi connectivity index (χ2v) is 4.86. The van der Waals surface area contributed by atoms with E-state index in [2.05, 4.69) is 5.32 Å². The van der Waals surface area contributed by atoms with Gasteiger partial charge in [-0.1, -0.05) is 12.8 Å². The molecule has 16 heavy (non-hydrogen) atoms. The molecule has 2 rings (SSSR count). The van der Waals surface area contributed by atoms with Crippen LogP contribution in [0.5, 0.6) is 0 Å². The van der Waals surface area contributed by atoms with Crippen LogP contribution in [-0.2, 0) is 9.47 Å². The predicted octanol–water partition coefficient (Wildman–Crippen LogP) is 0.509. The maximum Gasteiger partial charge on any atom is 0.0933 e. The average Bonchev–Trinajstić information content (AvgIpc) is 2.38. The molecule has 3 N–H and O–H groups in total. The minimum atomic E-state index is 0.231. The minimum Gasteiger partial charge on any atom is -0.376 e. The van der Waals surface area contributed by atoms with Gasteiger partial charge in [0, 0.05) is 12.6 Å². The van der Waals surface area contributed by atoms with E-state index >= 15 is 0 Å². The Balaban J connectivity index is 1.70. The third-order valence-corrected chi connectivity index (χ3v) is 3.70. The van der Waals surface area contributed by atoms with E-state index in [-0.39, 0.29) is 6.10 Å². The fourth-order valence-electron chi connectivity index (χ4n) is 2.70. The number of nitrogens with two attached hydrogens (primary N) is 1. The standard InChI is InChI=1S/C12H24N2O2/c13-7-10-3-1-2-4-12(10)14-8-11-9-15-5-6-16-11/h10-12,14H,1-9,13H2. The lowest BCUT2D eigenvalue weighted by Crippen LogP contribution is -2.47. The molecule has 1 saturated carbocycles. The Bertz CT molecular complexity index is 195. The first kappa shape index (κ1) is 12.3. The van der Waals surface area contributed by atoms with Gasteiger partial charge in [-0.3, -0.25) is 0 Å². The fraction of sp³-hybridized carbons (Fsp3) is 1.00. The van der Waals surface area contributed by atoms with Crippen molar-refractivity contribution < 1.29 is 9.47 Å². The highest BCUT2D eigenvalue weighted by molar-refractivity contribution is 4.82. The van der Waals surface area contributed by atoms with E-state index in [0.717, 1.165) is 32.9 Å². The summed E-state index contributed by atoms with van der Waals surface area (Å²) >= 11 is 0. The van der Waals surface area contributed by atoms with E-state index in [9.17, 15) is 0 Å². The van der Waals surface area contributed by atoms with Gasteiger partial charge >= 0.3 is 0 Å². The number of hydrogen-bond donors (Lipinski definition) is 2. The van der Waals surface area contributed by atoms with Crippen LogP contribution >= 0.6 is 0 Å². The Hall–Kier alpha value is -0.160. The third-order valence-electron chi connectivity index (χ3n) is 3.70. The van der Waals surface area contributed by atoms with Crippen LogP contribution in [0.3, 0.4) is 0 Å². The molecule has 0 aromatic heterocycles. The largest absolute Gasteiger partial charge is 0.376 e. The van der Waals surface area contributed by atoms with Crippen molar-refractivity contribution >= 4 is 0 Å². The van der Waals surface area contributed by atoms with Gasteiger partial charge in [0.2, 0.25) is 0 Å². The smallest absolute Gasteiger partial charge is 0.0933 e. The van der Waals surface area contributed by atoms with Gasteiger partial charge in [0.25, 0.3) is 0 Å². The number of nitrogens with one attached hydrogen (secondary N) is 1. The van der Waals surface area contributed by atoms with Crippen LogP contribution in [-0.4, -0.2) is 45.1 Å². The van der Waals surface area contributed by atoms with Crippen LogP contribution in [0.25, 0.3) is 0 Å². The first-order valence-electron chi connectivity index (χ1n) is 6.53. The summed E-state index contributed by atoms with van der Waals surface area (Å²) in [5.41, 5.74) is 5.81. The second-order valence-electron chi connectivity index (χ2n) is 4.86. The van der Waals surface area contributed by atoms with Crippen molar-refractivity contribution in [1.82, 2.24) is 5.32 Å². The van der Waals surface area contributed by atoms with Crippen LogP contribution < -0.4 is 11.1 Å². The monoisotopic (exact) mass is 228 g/mol. The Morgan fingerprint density at radius 1 is 1.19 bits per heavy atom. The molecule has 1 heterocycles. The first-order chi connectivity index (χ1) is 7.90. The number of rotatable bonds is 4. The maximum atomic E-state index is 5.81. The lowest BCUT2D eigenvalue weighted by molar-refractivity contribution is -0.0877. The normalized spacial score (nSPS) is 36.2. The number of hydrogen-bond acceptors (Lipinski definition) is 4. The van der Waals surface area contributed by atoms with Crippen molar-refractivity contribution in [2.24, 2.45) is 11.7 Å². The Labute approximate surface area is 97.9 Å². The molecule has 0 radical (unpaired) electrons. The zero-order chi connectivity index (χ0) is 11.2. The molecule has 1 aliphatic heterocycles. The van der Waals surface area contributed by atoms with Crippen LogP contribution in [0.15, 0.2) is 0 Å². The minimum absolute atomic E-state index is 0.231. The molecule has 4 nitrogen and oxygen atoms in total. The fourth-order valence-corrected chi connectivity index (χ4v) is 2.70. The summed E-state index contributed by atoms with van der Waals surface area (Å²) in [5.74, 6) is 0.651. The zero-order valence-corrected chi connectivity index (χ0v) is 9.99. The summed E-state index contributed by atoms with van der Waals surface area (Å²) in [5, 5.41) is 3.61. The summed E-state index contributed by atoms with van der Waals surface area (Å²) in [4.78, 5) is 0. The van der Waals surface area contributed by atoms with Crippen LogP contribution in [0.4, 0.5) is 0 Å². The molecule has 3 unspecified atom stereocenters. The van der Waals surface area contributed by atoms with E-state index in [1.54, 1.807) is 0 Å². The molecule has 0 aromatic carbocycles. The van der Waals surface area contributed by atoms with Crippen LogP contribution in [0, 0.1) is 5.92 Å². The van der Waals surface area contributed by atoms with Gasteiger partial charge in [-0.15, -0.1) is 0 Å². The molecule has 3 atom stereocenters. The highest BCUT2D eigenvalue weighted by Crippen LogP contribution is 2.23. The van der Waals surface area contributed by atoms with Crippen molar-refractivity contribution in [3.05, 3.63) is 0 Å². The molecule has 0 bridgehead atoms. The van der Waals surface area contributed by atoms with Gasteiger partial charge in [0.05, 0.1) is 25.9 Å². The Kier molecular flexibility index (Phi) is 5.03. The molecular formula is C12H24N2O2. The third kappa shape index (κ3) is 3.42. The summed E-state index contributed by atoms with van der Waals surface area (Å²) in [6.45, 7) is 3.91. The molecule has 94 valence electrons. The topological polar surface area (TPSA) is 56.5 Å². The Morgan fingerprint density at radius 3 is 2.81 bits per heavy atom. The van der Waals surface area contributed by atoms with E-state index in [4.69, 9.17) is 15.2 Å². The van der Waals surface area contributed by atoms with Gasteiger partial charge in [-0.05, 0) is 25.3 Å². The van der Waals surface area contributed by atoms with E-state index < -0.39 is 0 Å². The quantitative estimate of drug-likeness (QED) is 0.736. The molecular weight excluding hydrogens is 204 g/mol. The van der Waals surface area contributed by atoms with E-state index in [1.807, 2.05) is 0 Å². The van der Waals surface area contributed by atoms with Crippen molar-refractivity contribution in [2.45, 2.75) is 37.8 Å². The lowest BCUT2D eigenvalue weighted by Gasteiger charge is -2.33. The zero-order valence-electron chi connectivity index (χ0n) is 9.99. The predicted molar refractivity (Wildman–Crippen MR) is 63.4 cm³/mol. The highest BCUT2D eigenvalue weighted by Gasteiger charge is 2.24. The van der Waals surface area contributed by atoms with Gasteiger partial charge < -0.3 is 20.5 Å². The van der Waals surface area contributed by atoms with Gasteiger partial charge in [-0.2, -0.15) is 0 Å². The van der Waals surface area contributed by atoms with Crippen molar-refractivity contribution in [2.75, 3.05) is 32.9 Å². The molecule has 4 heteroatoms. The molecule has 0 spiro atoms. The lowest BCUT2D eigenvalue weighted by atomic mass is 9.84. The second kappa shape index (κ2) is 6.55. The van der Waals surface area contributed by atoms with Crippen LogP contribution in [0.2, 0.25) is 0 Å². The van der Waals surface area contributed by atoms with Gasteiger partial charge in [0.15, 0.2) is 0 Å². The van der Waals surface area contributed by atoms with Crippen molar-refractivity contribution in [3.63, 3.8) is 0 Å². The van der Waals surface area contributed by atoms with E-state index in [1.165, 1.54) is 25.7 Å². The summed E-state index contributed by atoms with van der Waals surface area (Å²) in [6, 6.07) is 0.587. The van der Waals surface area contributed by atoms with Crippen LogP contribution in [0.1, 0.15) is 25.7 Å².